The molecule has 0 aliphatic rings. The lowest BCUT2D eigenvalue weighted by Gasteiger charge is -1.85. The van der Waals surface area contributed by atoms with Crippen molar-refractivity contribution >= 4 is 26.5 Å². The summed E-state index contributed by atoms with van der Waals surface area (Å²) in [7, 11) is -2.15. The molecular formula is C8H9ClO2P+. The van der Waals surface area contributed by atoms with Gasteiger partial charge in [-0.25, -0.2) is 0 Å². The van der Waals surface area contributed by atoms with E-state index in [0.717, 1.165) is 5.56 Å². The van der Waals surface area contributed by atoms with Gasteiger partial charge in [-0.15, -0.1) is 12.4 Å². The van der Waals surface area contributed by atoms with Crippen molar-refractivity contribution < 1.29 is 9.46 Å². The van der Waals surface area contributed by atoms with Gasteiger partial charge in [-0.05, 0) is 16.2 Å². The fourth-order valence-electron chi connectivity index (χ4n) is 0.714. The molecule has 0 bridgehead atoms. The van der Waals surface area contributed by atoms with Gasteiger partial charge in [0.1, 0.15) is 0 Å². The molecule has 0 radical (unpaired) electrons. The Bertz CT molecular complexity index is 272. The number of hydrogen-bond donors (Lipinski definition) is 1. The quantitative estimate of drug-likeness (QED) is 0.751. The van der Waals surface area contributed by atoms with Gasteiger partial charge in [0.2, 0.25) is 0 Å². The summed E-state index contributed by atoms with van der Waals surface area (Å²) in [5.41, 5.74) is 0.935. The third kappa shape index (κ3) is 4.24. The Kier molecular flexibility index (Phi) is 5.56. The lowest BCUT2D eigenvalue weighted by atomic mass is 10.2. The second-order valence-corrected chi connectivity index (χ2v) is 2.93. The van der Waals surface area contributed by atoms with Gasteiger partial charge in [-0.1, -0.05) is 30.3 Å². The third-order valence-corrected chi connectivity index (χ3v) is 1.60. The Morgan fingerprint density at radius 2 is 1.83 bits per heavy atom. The maximum atomic E-state index is 10.2. The van der Waals surface area contributed by atoms with Crippen LogP contribution in [0, 0.1) is 0 Å². The zero-order valence-corrected chi connectivity index (χ0v) is 7.96. The minimum absolute atomic E-state index is 0. The first kappa shape index (κ1) is 11.3. The molecule has 1 atom stereocenters. The van der Waals surface area contributed by atoms with E-state index in [9.17, 15) is 4.57 Å². The van der Waals surface area contributed by atoms with Gasteiger partial charge in [-0.3, -0.25) is 0 Å². The van der Waals surface area contributed by atoms with Crippen molar-refractivity contribution in [2.75, 3.05) is 0 Å². The Morgan fingerprint density at radius 1 is 1.25 bits per heavy atom. The molecule has 1 aromatic rings. The molecule has 0 amide bonds. The molecular weight excluding hydrogens is 195 g/mol. The number of benzene rings is 1. The number of rotatable bonds is 2. The van der Waals surface area contributed by atoms with Crippen LogP contribution in [0.1, 0.15) is 5.56 Å². The molecule has 0 spiro atoms. The summed E-state index contributed by atoms with van der Waals surface area (Å²) in [5, 5.41) is 0. The summed E-state index contributed by atoms with van der Waals surface area (Å²) in [6.45, 7) is 0. The maximum absolute atomic E-state index is 10.2. The van der Waals surface area contributed by atoms with E-state index >= 15 is 0 Å². The molecule has 0 aliphatic heterocycles. The summed E-state index contributed by atoms with van der Waals surface area (Å²) in [6.07, 6.45) is 1.62. The summed E-state index contributed by atoms with van der Waals surface area (Å²) in [4.78, 5) is 8.44. The fraction of sp³-hybridized carbons (Fsp3) is 0. The first-order valence-electron chi connectivity index (χ1n) is 3.17. The van der Waals surface area contributed by atoms with Gasteiger partial charge in [-0.2, -0.15) is 4.89 Å². The van der Waals surface area contributed by atoms with Crippen LogP contribution < -0.4 is 0 Å². The molecule has 0 saturated heterocycles. The van der Waals surface area contributed by atoms with E-state index in [0.29, 0.717) is 0 Å². The van der Waals surface area contributed by atoms with Crippen molar-refractivity contribution in [2.45, 2.75) is 0 Å². The average molecular weight is 204 g/mol. The highest BCUT2D eigenvalue weighted by molar-refractivity contribution is 7.41. The second kappa shape index (κ2) is 5.90. The van der Waals surface area contributed by atoms with Crippen molar-refractivity contribution in [3.8, 4) is 0 Å². The minimum atomic E-state index is -2.15. The molecule has 1 aromatic carbocycles. The maximum Gasteiger partial charge on any atom is 0.538 e. The summed E-state index contributed by atoms with van der Waals surface area (Å²) >= 11 is 0. The van der Waals surface area contributed by atoms with Crippen molar-refractivity contribution in [2.24, 2.45) is 0 Å². The molecule has 0 fully saturated rings. The summed E-state index contributed by atoms with van der Waals surface area (Å²) < 4.78 is 10.2. The van der Waals surface area contributed by atoms with Crippen LogP contribution in [-0.4, -0.2) is 4.89 Å². The van der Waals surface area contributed by atoms with E-state index in [1.54, 1.807) is 6.08 Å². The molecule has 4 heteroatoms. The van der Waals surface area contributed by atoms with E-state index in [1.165, 1.54) is 5.82 Å². The van der Waals surface area contributed by atoms with Gasteiger partial charge >= 0.3 is 8.03 Å². The van der Waals surface area contributed by atoms with E-state index in [2.05, 4.69) is 0 Å². The molecule has 1 N–H and O–H groups in total. The molecule has 64 valence electrons. The van der Waals surface area contributed by atoms with Gasteiger partial charge in [0.05, 0.1) is 0 Å². The van der Waals surface area contributed by atoms with Crippen LogP contribution in [0.3, 0.4) is 0 Å². The summed E-state index contributed by atoms with van der Waals surface area (Å²) in [6, 6.07) is 9.40. The molecule has 1 rings (SSSR count). The van der Waals surface area contributed by atoms with E-state index in [1.807, 2.05) is 30.3 Å². The monoisotopic (exact) mass is 203 g/mol. The minimum Gasteiger partial charge on any atom is -0.157 e. The van der Waals surface area contributed by atoms with Crippen molar-refractivity contribution in [1.29, 1.82) is 0 Å². The van der Waals surface area contributed by atoms with Gasteiger partial charge in [0, 0.05) is 0 Å². The first-order chi connectivity index (χ1) is 5.29. The van der Waals surface area contributed by atoms with Gasteiger partial charge in [0.25, 0.3) is 0 Å². The highest BCUT2D eigenvalue weighted by Crippen LogP contribution is 2.16. The SMILES string of the molecule is Cl.O=[P+](O)C=Cc1ccccc1. The van der Waals surface area contributed by atoms with Gasteiger partial charge in [0.15, 0.2) is 5.82 Å². The average Bonchev–Trinajstić information content (AvgIpc) is 2.03. The molecule has 12 heavy (non-hydrogen) atoms. The van der Waals surface area contributed by atoms with Crippen LogP contribution in [0.15, 0.2) is 36.1 Å². The number of hydrogen-bond acceptors (Lipinski definition) is 1. The van der Waals surface area contributed by atoms with Crippen LogP contribution in [0.2, 0.25) is 0 Å². The van der Waals surface area contributed by atoms with Crippen LogP contribution in [0.5, 0.6) is 0 Å². The molecule has 1 unspecified atom stereocenters. The van der Waals surface area contributed by atoms with Crippen LogP contribution in [-0.2, 0) is 4.57 Å². The van der Waals surface area contributed by atoms with Crippen LogP contribution >= 0.6 is 20.4 Å². The Balaban J connectivity index is 0.00000121. The first-order valence-corrected chi connectivity index (χ1v) is 4.46. The predicted octanol–water partition coefficient (Wildman–Crippen LogP) is 2.81. The largest absolute Gasteiger partial charge is 0.538 e. The standard InChI is InChI=1S/C8H7O2P.ClH/c9-11(10)7-6-8-4-2-1-3-5-8;/h1-7H;1H/p+1. The lowest BCUT2D eigenvalue weighted by molar-refractivity contribution is 0.513. The Labute approximate surface area is 78.2 Å². The number of halogens is 1. The fourth-order valence-corrected chi connectivity index (χ4v) is 1.01. The van der Waals surface area contributed by atoms with Crippen molar-refractivity contribution in [1.82, 2.24) is 0 Å². The smallest absolute Gasteiger partial charge is 0.157 e. The molecule has 2 nitrogen and oxygen atoms in total. The lowest BCUT2D eigenvalue weighted by Crippen LogP contribution is -1.65. The van der Waals surface area contributed by atoms with E-state index < -0.39 is 8.03 Å². The highest BCUT2D eigenvalue weighted by Gasteiger charge is 1.99. The zero-order valence-electron chi connectivity index (χ0n) is 6.25. The van der Waals surface area contributed by atoms with Crippen LogP contribution in [0.25, 0.3) is 6.08 Å². The Hall–Kier alpha value is -0.690. The van der Waals surface area contributed by atoms with Gasteiger partial charge < -0.3 is 0 Å². The topological polar surface area (TPSA) is 37.3 Å². The van der Waals surface area contributed by atoms with Crippen LogP contribution in [0.4, 0.5) is 0 Å². The predicted molar refractivity (Wildman–Crippen MR) is 52.5 cm³/mol. The van der Waals surface area contributed by atoms with E-state index in [-0.39, 0.29) is 12.4 Å². The normalized spacial score (nSPS) is 10.9. The molecule has 0 saturated carbocycles. The van der Waals surface area contributed by atoms with Crippen molar-refractivity contribution in [3.63, 3.8) is 0 Å². The highest BCUT2D eigenvalue weighted by atomic mass is 35.5. The Morgan fingerprint density at radius 3 is 2.33 bits per heavy atom. The second-order valence-electron chi connectivity index (χ2n) is 2.03. The van der Waals surface area contributed by atoms with Crippen molar-refractivity contribution in [3.05, 3.63) is 41.7 Å². The van der Waals surface area contributed by atoms with E-state index in [4.69, 9.17) is 4.89 Å². The zero-order chi connectivity index (χ0) is 8.10. The third-order valence-electron chi connectivity index (χ3n) is 1.19. The molecule has 0 heterocycles. The summed E-state index contributed by atoms with van der Waals surface area (Å²) in [5.74, 6) is 1.27. The molecule has 0 aliphatic carbocycles. The molecule has 0 aromatic heterocycles.